The predicted octanol–water partition coefficient (Wildman–Crippen LogP) is 5.83. The van der Waals surface area contributed by atoms with Crippen LogP contribution in [0.4, 0.5) is 0 Å². The molecule has 0 saturated carbocycles. The van der Waals surface area contributed by atoms with Gasteiger partial charge in [0.25, 0.3) is 0 Å². The van der Waals surface area contributed by atoms with Gasteiger partial charge in [-0.1, -0.05) is 26.0 Å². The Morgan fingerprint density at radius 2 is 1.16 bits per heavy atom. The van der Waals surface area contributed by atoms with E-state index in [-0.39, 0.29) is 5.92 Å². The summed E-state index contributed by atoms with van der Waals surface area (Å²) >= 11 is 6.43. The zero-order valence-corrected chi connectivity index (χ0v) is 16.9. The van der Waals surface area contributed by atoms with Crippen molar-refractivity contribution >= 4 is 11.6 Å². The highest BCUT2D eigenvalue weighted by atomic mass is 35.5. The Balaban J connectivity index is 2.75. The van der Waals surface area contributed by atoms with Crippen LogP contribution in [0.1, 0.15) is 64.3 Å². The van der Waals surface area contributed by atoms with Crippen LogP contribution in [0, 0.1) is 27.7 Å². The molecule has 0 unspecified atom stereocenters. The van der Waals surface area contributed by atoms with Crippen molar-refractivity contribution in [3.63, 3.8) is 0 Å². The number of phenolic OH excluding ortho intramolecular Hbond substituents is 2. The molecule has 25 heavy (non-hydrogen) atoms. The normalized spacial score (nSPS) is 11.4. The van der Waals surface area contributed by atoms with E-state index in [0.717, 1.165) is 57.3 Å². The Bertz CT molecular complexity index is 728. The number of benzene rings is 2. The first-order valence-electron chi connectivity index (χ1n) is 8.98. The minimum Gasteiger partial charge on any atom is -0.507 e. The monoisotopic (exact) mass is 360 g/mol. The molecule has 0 amide bonds. The Labute approximate surface area is 156 Å². The summed E-state index contributed by atoms with van der Waals surface area (Å²) in [6.07, 6.45) is 1.57. The van der Waals surface area contributed by atoms with Gasteiger partial charge in [-0.15, -0.1) is 11.6 Å². The number of rotatable bonds is 5. The fourth-order valence-electron chi connectivity index (χ4n) is 3.92. The van der Waals surface area contributed by atoms with Gasteiger partial charge in [-0.2, -0.15) is 0 Å². The van der Waals surface area contributed by atoms with E-state index < -0.39 is 0 Å². The van der Waals surface area contributed by atoms with E-state index in [9.17, 15) is 10.2 Å². The van der Waals surface area contributed by atoms with Crippen LogP contribution in [-0.2, 0) is 12.8 Å². The van der Waals surface area contributed by atoms with Crippen molar-refractivity contribution in [1.29, 1.82) is 0 Å². The van der Waals surface area contributed by atoms with Crippen molar-refractivity contribution < 1.29 is 10.2 Å². The molecule has 2 rings (SSSR count). The van der Waals surface area contributed by atoms with Crippen LogP contribution >= 0.6 is 11.6 Å². The van der Waals surface area contributed by atoms with Crippen molar-refractivity contribution in [2.75, 3.05) is 5.88 Å². The minimum absolute atomic E-state index is 0.0378. The third-order valence-corrected chi connectivity index (χ3v) is 5.75. The van der Waals surface area contributed by atoms with E-state index in [1.54, 1.807) is 0 Å². The molecule has 0 saturated heterocycles. The van der Waals surface area contributed by atoms with E-state index in [4.69, 9.17) is 11.6 Å². The van der Waals surface area contributed by atoms with Crippen molar-refractivity contribution in [3.8, 4) is 11.5 Å². The zero-order valence-electron chi connectivity index (χ0n) is 16.1. The molecule has 0 spiro atoms. The molecule has 0 aliphatic carbocycles. The molecular weight excluding hydrogens is 332 g/mol. The molecule has 136 valence electrons. The van der Waals surface area contributed by atoms with E-state index >= 15 is 0 Å². The minimum atomic E-state index is 0.0378. The zero-order chi connectivity index (χ0) is 18.9. The van der Waals surface area contributed by atoms with Crippen LogP contribution in [0.5, 0.6) is 11.5 Å². The molecule has 2 N–H and O–H groups in total. The lowest BCUT2D eigenvalue weighted by Crippen LogP contribution is -2.11. The van der Waals surface area contributed by atoms with Crippen molar-refractivity contribution in [1.82, 2.24) is 0 Å². The van der Waals surface area contributed by atoms with Crippen LogP contribution in [0.25, 0.3) is 0 Å². The largest absolute Gasteiger partial charge is 0.507 e. The lowest BCUT2D eigenvalue weighted by molar-refractivity contribution is 0.463. The first-order chi connectivity index (χ1) is 11.8. The number of hydrogen-bond donors (Lipinski definition) is 2. The molecule has 2 nitrogen and oxygen atoms in total. The maximum atomic E-state index is 10.4. The predicted molar refractivity (Wildman–Crippen MR) is 106 cm³/mol. The van der Waals surface area contributed by atoms with Crippen molar-refractivity contribution in [2.45, 2.75) is 60.3 Å². The van der Waals surface area contributed by atoms with Crippen molar-refractivity contribution in [3.05, 3.63) is 56.6 Å². The summed E-state index contributed by atoms with van der Waals surface area (Å²) in [5.41, 5.74) is 8.31. The average molecular weight is 361 g/mol. The Hall–Kier alpha value is -1.67. The SMILES string of the molecule is CCc1c(C)c(C(CCl)c2cc(C)c(O)c(CC)c2C)cc(C)c1O. The molecule has 0 heterocycles. The van der Waals surface area contributed by atoms with Crippen LogP contribution in [0.15, 0.2) is 12.1 Å². The number of phenols is 2. The maximum Gasteiger partial charge on any atom is 0.121 e. The van der Waals surface area contributed by atoms with Gasteiger partial charge in [0.2, 0.25) is 0 Å². The van der Waals surface area contributed by atoms with Gasteiger partial charge in [0, 0.05) is 11.8 Å². The first kappa shape index (κ1) is 19.7. The number of aryl methyl sites for hydroxylation is 2. The molecule has 0 aliphatic heterocycles. The van der Waals surface area contributed by atoms with E-state index in [1.165, 1.54) is 0 Å². The van der Waals surface area contributed by atoms with Gasteiger partial charge in [-0.3, -0.25) is 0 Å². The lowest BCUT2D eigenvalue weighted by atomic mass is 9.82. The van der Waals surface area contributed by atoms with Gasteiger partial charge < -0.3 is 10.2 Å². The Morgan fingerprint density at radius 1 is 0.800 bits per heavy atom. The number of hydrogen-bond acceptors (Lipinski definition) is 2. The third-order valence-electron chi connectivity index (χ3n) is 5.45. The van der Waals surface area contributed by atoms with Gasteiger partial charge >= 0.3 is 0 Å². The van der Waals surface area contributed by atoms with Gasteiger partial charge in [-0.25, -0.2) is 0 Å². The molecule has 2 aromatic carbocycles. The molecule has 0 atom stereocenters. The summed E-state index contributed by atoms with van der Waals surface area (Å²) in [6, 6.07) is 4.12. The lowest BCUT2D eigenvalue weighted by Gasteiger charge is -2.25. The topological polar surface area (TPSA) is 40.5 Å². The fraction of sp³-hybridized carbons (Fsp3) is 0.455. The molecule has 3 heteroatoms. The van der Waals surface area contributed by atoms with Crippen molar-refractivity contribution in [2.24, 2.45) is 0 Å². The van der Waals surface area contributed by atoms with Crippen LogP contribution in [0.3, 0.4) is 0 Å². The molecule has 0 bridgehead atoms. The fourth-order valence-corrected chi connectivity index (χ4v) is 4.25. The van der Waals surface area contributed by atoms with E-state index in [0.29, 0.717) is 17.4 Å². The smallest absolute Gasteiger partial charge is 0.121 e. The summed E-state index contributed by atoms with van der Waals surface area (Å²) in [5.74, 6) is 1.29. The summed E-state index contributed by atoms with van der Waals surface area (Å²) < 4.78 is 0. The standard InChI is InChI=1S/C22H29ClO2/c1-7-16-14(5)18(9-12(3)21(16)24)20(11-23)19-10-13(4)22(25)17(8-2)15(19)6/h9-10,20,24-25H,7-8,11H2,1-6H3. The maximum absolute atomic E-state index is 10.4. The second-order valence-corrected chi connectivity index (χ2v) is 7.19. The van der Waals surface area contributed by atoms with Gasteiger partial charge in [0.15, 0.2) is 0 Å². The highest BCUT2D eigenvalue weighted by molar-refractivity contribution is 6.18. The average Bonchev–Trinajstić information content (AvgIpc) is 2.58. The van der Waals surface area contributed by atoms with E-state index in [1.807, 2.05) is 13.8 Å². The van der Waals surface area contributed by atoms with Gasteiger partial charge in [0.05, 0.1) is 0 Å². The number of halogens is 1. The number of aromatic hydroxyl groups is 2. The van der Waals surface area contributed by atoms with Gasteiger partial charge in [-0.05, 0) is 85.0 Å². The van der Waals surface area contributed by atoms with E-state index in [2.05, 4.69) is 39.8 Å². The molecular formula is C22H29ClO2. The van der Waals surface area contributed by atoms with Crippen LogP contribution < -0.4 is 0 Å². The summed E-state index contributed by atoms with van der Waals surface area (Å²) in [6.45, 7) is 12.1. The Morgan fingerprint density at radius 3 is 1.44 bits per heavy atom. The molecule has 0 fully saturated rings. The molecule has 2 aromatic rings. The van der Waals surface area contributed by atoms with Crippen LogP contribution in [0.2, 0.25) is 0 Å². The summed E-state index contributed by atoms with van der Waals surface area (Å²) in [4.78, 5) is 0. The molecule has 0 aromatic heterocycles. The second-order valence-electron chi connectivity index (χ2n) is 6.88. The first-order valence-corrected chi connectivity index (χ1v) is 9.51. The Kier molecular flexibility index (Phi) is 6.05. The summed E-state index contributed by atoms with van der Waals surface area (Å²) in [5, 5.41) is 20.8. The highest BCUT2D eigenvalue weighted by Gasteiger charge is 2.23. The molecule has 0 radical (unpaired) electrons. The second kappa shape index (κ2) is 7.70. The quantitative estimate of drug-likeness (QED) is 0.659. The van der Waals surface area contributed by atoms with Gasteiger partial charge in [0.1, 0.15) is 11.5 Å². The summed E-state index contributed by atoms with van der Waals surface area (Å²) in [7, 11) is 0. The molecule has 0 aliphatic rings. The number of alkyl halides is 1. The van der Waals surface area contributed by atoms with Crippen LogP contribution in [-0.4, -0.2) is 16.1 Å². The third kappa shape index (κ3) is 3.37. The highest BCUT2D eigenvalue weighted by Crippen LogP contribution is 2.40.